The normalized spacial score (nSPS) is 22.2. The molecule has 0 saturated carbocycles. The first-order chi connectivity index (χ1) is 12.2. The molecule has 0 aromatic heterocycles. The fraction of sp³-hybridized carbons (Fsp3) is 0.188. The summed E-state index contributed by atoms with van der Waals surface area (Å²) < 4.78 is 45.8. The highest BCUT2D eigenvalue weighted by Gasteiger charge is 2.64. The number of carbonyl (C=O) groups excluding carboxylic acids is 1. The first kappa shape index (κ1) is 18.5. The smallest absolute Gasteiger partial charge is 0.445 e. The summed E-state index contributed by atoms with van der Waals surface area (Å²) in [7, 11) is 0.841. The van der Waals surface area contributed by atoms with E-state index in [0.717, 1.165) is 7.11 Å². The van der Waals surface area contributed by atoms with Crippen LogP contribution in [-0.4, -0.2) is 41.5 Å². The van der Waals surface area contributed by atoms with Crippen LogP contribution in [0.5, 0.6) is 0 Å². The number of benzene rings is 1. The van der Waals surface area contributed by atoms with Gasteiger partial charge >= 0.3 is 17.8 Å². The van der Waals surface area contributed by atoms with Crippen LogP contribution >= 0.6 is 23.2 Å². The van der Waals surface area contributed by atoms with Crippen LogP contribution in [0.2, 0.25) is 5.02 Å². The van der Waals surface area contributed by atoms with Gasteiger partial charge in [0.1, 0.15) is 11.7 Å². The Morgan fingerprint density at radius 3 is 2.38 bits per heavy atom. The number of rotatable bonds is 2. The fourth-order valence-corrected chi connectivity index (χ4v) is 2.69. The summed E-state index contributed by atoms with van der Waals surface area (Å²) in [6.45, 7) is 0. The Morgan fingerprint density at radius 2 is 1.81 bits per heavy atom. The second-order valence-electron chi connectivity index (χ2n) is 5.29. The fourth-order valence-electron chi connectivity index (χ4n) is 2.40. The molecule has 0 saturated heterocycles. The van der Waals surface area contributed by atoms with Crippen molar-refractivity contribution in [3.8, 4) is 0 Å². The molecule has 2 aliphatic heterocycles. The number of nitrogens with zero attached hydrogens (tertiary/aromatic N) is 3. The highest BCUT2D eigenvalue weighted by atomic mass is 35.5. The monoisotopic (exact) mass is 403 g/mol. The SMILES string of the molecule is COC(=O)C1(C(F)(F)F)N=C2C=CC(Cl)=CN2C(c2ccc(Cl)cc2)=N1. The van der Waals surface area contributed by atoms with Crippen LogP contribution in [0.1, 0.15) is 5.56 Å². The van der Waals surface area contributed by atoms with Gasteiger partial charge in [-0.2, -0.15) is 13.2 Å². The Bertz CT molecular complexity index is 876. The molecule has 1 unspecified atom stereocenters. The summed E-state index contributed by atoms with van der Waals surface area (Å²) in [6.07, 6.45) is -1.14. The number of esters is 1. The van der Waals surface area contributed by atoms with Crippen molar-refractivity contribution in [2.24, 2.45) is 9.98 Å². The van der Waals surface area contributed by atoms with Crippen LogP contribution < -0.4 is 0 Å². The molecule has 1 aromatic carbocycles. The first-order valence-corrected chi connectivity index (χ1v) is 7.89. The van der Waals surface area contributed by atoms with Crippen LogP contribution in [-0.2, 0) is 9.53 Å². The number of halogens is 5. The maximum atomic E-state index is 13.8. The van der Waals surface area contributed by atoms with E-state index in [9.17, 15) is 18.0 Å². The number of fused-ring (bicyclic) bond motifs is 1. The maximum Gasteiger partial charge on any atom is 0.445 e. The molecule has 26 heavy (non-hydrogen) atoms. The number of aliphatic imine (C=N–C) groups is 2. The third kappa shape index (κ3) is 2.99. The third-order valence-electron chi connectivity index (χ3n) is 3.63. The van der Waals surface area contributed by atoms with Crippen molar-refractivity contribution in [1.29, 1.82) is 0 Å². The number of allylic oxidation sites excluding steroid dienone is 2. The van der Waals surface area contributed by atoms with Gasteiger partial charge in [0.15, 0.2) is 0 Å². The quantitative estimate of drug-likeness (QED) is 0.704. The molecule has 0 N–H and O–H groups in total. The van der Waals surface area contributed by atoms with E-state index in [1.54, 1.807) is 0 Å². The van der Waals surface area contributed by atoms with Gasteiger partial charge in [-0.1, -0.05) is 23.2 Å². The Balaban J connectivity index is 2.27. The van der Waals surface area contributed by atoms with Crippen molar-refractivity contribution in [2.75, 3.05) is 7.11 Å². The zero-order valence-corrected chi connectivity index (χ0v) is 14.6. The lowest BCUT2D eigenvalue weighted by Crippen LogP contribution is -2.55. The molecule has 5 nitrogen and oxygen atoms in total. The van der Waals surface area contributed by atoms with Crippen LogP contribution in [0, 0.1) is 0 Å². The van der Waals surface area contributed by atoms with Gasteiger partial charge in [-0.3, -0.25) is 4.90 Å². The Kier molecular flexibility index (Phi) is 4.58. The number of methoxy groups -OCH3 is 1. The molecule has 10 heteroatoms. The van der Waals surface area contributed by atoms with Gasteiger partial charge < -0.3 is 4.74 Å². The van der Waals surface area contributed by atoms with Crippen molar-refractivity contribution < 1.29 is 22.7 Å². The predicted molar refractivity (Wildman–Crippen MR) is 91.1 cm³/mol. The minimum atomic E-state index is -5.12. The van der Waals surface area contributed by atoms with E-state index in [2.05, 4.69) is 14.7 Å². The van der Waals surface area contributed by atoms with Crippen molar-refractivity contribution in [1.82, 2.24) is 4.90 Å². The minimum Gasteiger partial charge on any atom is -0.465 e. The highest BCUT2D eigenvalue weighted by molar-refractivity contribution is 6.33. The Labute approximate surface area is 156 Å². The highest BCUT2D eigenvalue weighted by Crippen LogP contribution is 2.40. The second kappa shape index (κ2) is 6.44. The van der Waals surface area contributed by atoms with Gasteiger partial charge in [0, 0.05) is 16.8 Å². The van der Waals surface area contributed by atoms with Gasteiger partial charge in [-0.15, -0.1) is 0 Å². The lowest BCUT2D eigenvalue weighted by Gasteiger charge is -2.36. The molecule has 136 valence electrons. The van der Waals surface area contributed by atoms with E-state index >= 15 is 0 Å². The first-order valence-electron chi connectivity index (χ1n) is 7.13. The number of carbonyl (C=O) groups is 1. The number of hydrogen-bond acceptors (Lipinski definition) is 5. The van der Waals surface area contributed by atoms with E-state index in [1.807, 2.05) is 0 Å². The van der Waals surface area contributed by atoms with Crippen LogP contribution in [0.4, 0.5) is 13.2 Å². The Hall–Kier alpha value is -2.32. The topological polar surface area (TPSA) is 54.3 Å². The molecule has 0 amide bonds. The van der Waals surface area contributed by atoms with Crippen LogP contribution in [0.25, 0.3) is 0 Å². The van der Waals surface area contributed by atoms with E-state index in [-0.39, 0.29) is 22.3 Å². The number of amidine groups is 2. The van der Waals surface area contributed by atoms with Crippen LogP contribution in [0.15, 0.2) is 57.6 Å². The molecule has 2 aliphatic rings. The summed E-state index contributed by atoms with van der Waals surface area (Å²) in [5, 5.41) is 0.643. The van der Waals surface area contributed by atoms with Crippen molar-refractivity contribution in [3.05, 3.63) is 58.2 Å². The summed E-state index contributed by atoms with van der Waals surface area (Å²) in [4.78, 5) is 20.5. The van der Waals surface area contributed by atoms with Crippen LogP contribution in [0.3, 0.4) is 0 Å². The molecular weight excluding hydrogens is 394 g/mol. The molecule has 0 radical (unpaired) electrons. The van der Waals surface area contributed by atoms with Gasteiger partial charge in [0.2, 0.25) is 0 Å². The van der Waals surface area contributed by atoms with E-state index < -0.39 is 17.8 Å². The van der Waals surface area contributed by atoms with Crippen molar-refractivity contribution >= 4 is 40.8 Å². The van der Waals surface area contributed by atoms with Gasteiger partial charge in [-0.25, -0.2) is 14.8 Å². The van der Waals surface area contributed by atoms with E-state index in [0.29, 0.717) is 5.02 Å². The van der Waals surface area contributed by atoms with Crippen molar-refractivity contribution in [2.45, 2.75) is 11.8 Å². The zero-order valence-electron chi connectivity index (χ0n) is 13.1. The summed E-state index contributed by atoms with van der Waals surface area (Å²) in [6, 6.07) is 5.93. The number of hydrogen-bond donors (Lipinski definition) is 0. The molecule has 1 atom stereocenters. The zero-order chi connectivity index (χ0) is 19.1. The molecular formula is C16H10Cl2F3N3O2. The summed E-state index contributed by atoms with van der Waals surface area (Å²) in [5.74, 6) is -1.97. The minimum absolute atomic E-state index is 0.155. The van der Waals surface area contributed by atoms with E-state index in [1.165, 1.54) is 47.5 Å². The number of ether oxygens (including phenoxy) is 1. The average Bonchev–Trinajstić information content (AvgIpc) is 2.60. The molecule has 0 aliphatic carbocycles. The standard InChI is InChI=1S/C16H10Cl2F3N3O2/c1-26-14(25)15(16(19,20)21)22-12-7-6-11(18)8-24(12)13(23-15)9-2-4-10(17)5-3-9/h2-8H,1H3. The lowest BCUT2D eigenvalue weighted by atomic mass is 10.1. The molecule has 3 rings (SSSR count). The van der Waals surface area contributed by atoms with Crippen molar-refractivity contribution in [3.63, 3.8) is 0 Å². The predicted octanol–water partition coefficient (Wildman–Crippen LogP) is 3.88. The number of alkyl halides is 3. The summed E-state index contributed by atoms with van der Waals surface area (Å²) >= 11 is 11.8. The lowest BCUT2D eigenvalue weighted by molar-refractivity contribution is -0.202. The molecule has 2 heterocycles. The Morgan fingerprint density at radius 1 is 1.15 bits per heavy atom. The molecule has 0 fully saturated rings. The second-order valence-corrected chi connectivity index (χ2v) is 6.16. The van der Waals surface area contributed by atoms with E-state index in [4.69, 9.17) is 23.2 Å². The largest absolute Gasteiger partial charge is 0.465 e. The van der Waals surface area contributed by atoms with Gasteiger partial charge in [0.05, 0.1) is 12.1 Å². The van der Waals surface area contributed by atoms with Gasteiger partial charge in [-0.05, 0) is 36.4 Å². The molecule has 1 aromatic rings. The average molecular weight is 404 g/mol. The third-order valence-corrected chi connectivity index (χ3v) is 4.11. The molecule has 0 bridgehead atoms. The maximum absolute atomic E-state index is 13.8. The van der Waals surface area contributed by atoms with Gasteiger partial charge in [0.25, 0.3) is 0 Å². The molecule has 0 spiro atoms. The summed E-state index contributed by atoms with van der Waals surface area (Å²) in [5.41, 5.74) is -3.12.